The van der Waals surface area contributed by atoms with Gasteiger partial charge in [-0.3, -0.25) is 4.90 Å². The highest BCUT2D eigenvalue weighted by Crippen LogP contribution is 2.35. The second-order valence-corrected chi connectivity index (χ2v) is 8.42. The normalized spacial score (nSPS) is 19.4. The van der Waals surface area contributed by atoms with E-state index in [1.165, 1.54) is 9.13 Å². The van der Waals surface area contributed by atoms with Crippen LogP contribution in [0.5, 0.6) is 0 Å². The molecule has 0 bridgehead atoms. The average molecular weight is 466 g/mol. The van der Waals surface area contributed by atoms with Gasteiger partial charge in [-0.15, -0.1) is 0 Å². The van der Waals surface area contributed by atoms with Crippen LogP contribution in [0.15, 0.2) is 24.3 Å². The van der Waals surface area contributed by atoms with Crippen molar-refractivity contribution in [1.29, 1.82) is 5.26 Å². The smallest absolute Gasteiger partial charge is 0.0635 e. The van der Waals surface area contributed by atoms with Crippen molar-refractivity contribution < 1.29 is 0 Å². The summed E-state index contributed by atoms with van der Waals surface area (Å²) < 4.78 is 1.50. The first kappa shape index (κ1) is 14.5. The van der Waals surface area contributed by atoms with Crippen LogP contribution in [0, 0.1) is 14.9 Å². The fraction of sp³-hybridized carbons (Fsp3) is 0.500. The summed E-state index contributed by atoms with van der Waals surface area (Å²) >= 11 is 4.82. The highest BCUT2D eigenvalue weighted by atomic mass is 127. The number of hydrogen-bond donors (Lipinski definition) is 0. The van der Waals surface area contributed by atoms with Gasteiger partial charge in [0.15, 0.2) is 0 Å². The van der Waals surface area contributed by atoms with E-state index in [2.05, 4.69) is 80.4 Å². The lowest BCUT2D eigenvalue weighted by Gasteiger charge is -2.36. The van der Waals surface area contributed by atoms with Crippen molar-refractivity contribution in [1.82, 2.24) is 4.90 Å². The van der Waals surface area contributed by atoms with Crippen LogP contribution < -0.4 is 0 Å². The Morgan fingerprint density at radius 3 is 2.39 bits per heavy atom. The molecule has 1 aromatic carbocycles. The Kier molecular flexibility index (Phi) is 5.27. The molecule has 2 nitrogen and oxygen atoms in total. The zero-order valence-electron chi connectivity index (χ0n) is 10.2. The molecular weight excluding hydrogens is 450 g/mol. The van der Waals surface area contributed by atoms with Crippen molar-refractivity contribution in [3.63, 3.8) is 0 Å². The van der Waals surface area contributed by atoms with Crippen molar-refractivity contribution >= 4 is 45.2 Å². The van der Waals surface area contributed by atoms with Gasteiger partial charge in [0.05, 0.1) is 6.07 Å². The van der Waals surface area contributed by atoms with Crippen LogP contribution in [0.4, 0.5) is 0 Å². The van der Waals surface area contributed by atoms with Gasteiger partial charge in [0.2, 0.25) is 0 Å². The number of benzene rings is 1. The molecule has 2 rings (SSSR count). The topological polar surface area (TPSA) is 27.0 Å². The van der Waals surface area contributed by atoms with E-state index >= 15 is 0 Å². The summed E-state index contributed by atoms with van der Waals surface area (Å²) in [6.07, 6.45) is 2.95. The Labute approximate surface area is 136 Å². The lowest BCUT2D eigenvalue weighted by molar-refractivity contribution is 0.199. The Balaban J connectivity index is 1.87. The van der Waals surface area contributed by atoms with Crippen molar-refractivity contribution in [2.24, 2.45) is 0 Å². The number of nitriles is 1. The van der Waals surface area contributed by atoms with E-state index in [9.17, 15) is 0 Å². The molecule has 0 atom stereocenters. The molecule has 1 aliphatic rings. The highest BCUT2D eigenvalue weighted by molar-refractivity contribution is 14.1. The third-order valence-corrected chi connectivity index (χ3v) is 5.65. The third-order valence-electron chi connectivity index (χ3n) is 3.47. The van der Waals surface area contributed by atoms with Gasteiger partial charge >= 0.3 is 0 Å². The molecule has 18 heavy (non-hydrogen) atoms. The molecule has 0 aliphatic carbocycles. The molecule has 1 fully saturated rings. The van der Waals surface area contributed by atoms with Crippen LogP contribution in [0.1, 0.15) is 24.8 Å². The predicted molar refractivity (Wildman–Crippen MR) is 90.7 cm³/mol. The molecule has 0 N–H and O–H groups in total. The Morgan fingerprint density at radius 2 is 1.83 bits per heavy atom. The van der Waals surface area contributed by atoms with E-state index in [1.807, 2.05) is 0 Å². The van der Waals surface area contributed by atoms with E-state index in [4.69, 9.17) is 5.26 Å². The molecule has 0 radical (unpaired) electrons. The second kappa shape index (κ2) is 6.53. The monoisotopic (exact) mass is 466 g/mol. The number of alkyl halides is 1. The molecule has 1 heterocycles. The largest absolute Gasteiger partial charge is 0.299 e. The second-order valence-electron chi connectivity index (χ2n) is 4.89. The highest BCUT2D eigenvalue weighted by Gasteiger charge is 2.31. The minimum atomic E-state index is 0.217. The number of nitrogens with zero attached hydrogens (tertiary/aromatic N) is 2. The summed E-state index contributed by atoms with van der Waals surface area (Å²) in [5.74, 6) is 0. The van der Waals surface area contributed by atoms with Gasteiger partial charge in [-0.1, -0.05) is 34.7 Å². The zero-order valence-corrected chi connectivity index (χ0v) is 14.5. The summed E-state index contributed by atoms with van der Waals surface area (Å²) in [5.41, 5.74) is 1.39. The van der Waals surface area contributed by atoms with Crippen molar-refractivity contribution in [3.05, 3.63) is 33.4 Å². The fourth-order valence-electron chi connectivity index (χ4n) is 2.28. The first-order valence-electron chi connectivity index (χ1n) is 6.14. The van der Waals surface area contributed by atoms with Gasteiger partial charge < -0.3 is 0 Å². The maximum absolute atomic E-state index is 8.84. The summed E-state index contributed by atoms with van der Waals surface area (Å²) in [5, 5.41) is 8.84. The third kappa shape index (κ3) is 4.07. The Hall–Kier alpha value is 0.130. The van der Waals surface area contributed by atoms with E-state index in [1.54, 1.807) is 0 Å². The average Bonchev–Trinajstić information content (AvgIpc) is 2.35. The zero-order chi connectivity index (χ0) is 13.0. The fourth-order valence-corrected chi connectivity index (χ4v) is 3.29. The maximum atomic E-state index is 8.84. The standard InChI is InChI=1S/C14H16I2N2/c15-13-3-1-12(2-4-13)11-18-9-6-14(16,5-8-17)7-10-18/h1-4H,5-7,9-11H2. The molecule has 0 unspecified atom stereocenters. The summed E-state index contributed by atoms with van der Waals surface area (Å²) in [6.45, 7) is 3.25. The molecule has 1 saturated heterocycles. The summed E-state index contributed by atoms with van der Waals surface area (Å²) in [7, 11) is 0. The number of hydrogen-bond acceptors (Lipinski definition) is 2. The van der Waals surface area contributed by atoms with Crippen LogP contribution in [0.3, 0.4) is 0 Å². The van der Waals surface area contributed by atoms with Gasteiger partial charge in [0, 0.05) is 20.0 Å². The molecule has 0 aromatic heterocycles. The van der Waals surface area contributed by atoms with Gasteiger partial charge in [0.1, 0.15) is 0 Å². The van der Waals surface area contributed by atoms with Crippen molar-refractivity contribution in [2.75, 3.05) is 13.1 Å². The van der Waals surface area contributed by atoms with Gasteiger partial charge in [-0.2, -0.15) is 5.26 Å². The molecule has 0 saturated carbocycles. The Bertz CT molecular complexity index is 428. The van der Waals surface area contributed by atoms with Gasteiger partial charge in [-0.05, 0) is 66.2 Å². The molecule has 0 amide bonds. The Morgan fingerprint density at radius 1 is 1.22 bits per heavy atom. The number of rotatable bonds is 3. The predicted octanol–water partition coefficient (Wildman–Crippen LogP) is 3.97. The molecule has 1 aliphatic heterocycles. The minimum absolute atomic E-state index is 0.217. The maximum Gasteiger partial charge on any atom is 0.0635 e. The van der Waals surface area contributed by atoms with Crippen LogP contribution in [-0.2, 0) is 6.54 Å². The van der Waals surface area contributed by atoms with E-state index in [0.717, 1.165) is 32.5 Å². The lowest BCUT2D eigenvalue weighted by Crippen LogP contribution is -2.40. The number of piperidine rings is 1. The van der Waals surface area contributed by atoms with E-state index in [-0.39, 0.29) is 3.42 Å². The van der Waals surface area contributed by atoms with E-state index in [0.29, 0.717) is 6.42 Å². The van der Waals surface area contributed by atoms with Crippen molar-refractivity contribution in [3.8, 4) is 6.07 Å². The minimum Gasteiger partial charge on any atom is -0.299 e. The first-order valence-corrected chi connectivity index (χ1v) is 8.30. The molecule has 0 spiro atoms. The summed E-state index contributed by atoms with van der Waals surface area (Å²) in [4.78, 5) is 2.50. The van der Waals surface area contributed by atoms with Gasteiger partial charge in [0.25, 0.3) is 0 Å². The van der Waals surface area contributed by atoms with Crippen molar-refractivity contribution in [2.45, 2.75) is 29.2 Å². The molecule has 4 heteroatoms. The van der Waals surface area contributed by atoms with Crippen LogP contribution in [-0.4, -0.2) is 21.4 Å². The molecule has 1 aromatic rings. The van der Waals surface area contributed by atoms with Gasteiger partial charge in [-0.25, -0.2) is 0 Å². The quantitative estimate of drug-likeness (QED) is 0.498. The van der Waals surface area contributed by atoms with Crippen LogP contribution >= 0.6 is 45.2 Å². The van der Waals surface area contributed by atoms with Crippen LogP contribution in [0.25, 0.3) is 0 Å². The molecule has 96 valence electrons. The first-order chi connectivity index (χ1) is 8.61. The van der Waals surface area contributed by atoms with E-state index < -0.39 is 0 Å². The van der Waals surface area contributed by atoms with Crippen LogP contribution in [0.2, 0.25) is 0 Å². The summed E-state index contributed by atoms with van der Waals surface area (Å²) in [6, 6.07) is 11.1. The number of halogens is 2. The number of likely N-dealkylation sites (tertiary alicyclic amines) is 1. The molecular formula is C14H16I2N2. The lowest BCUT2D eigenvalue weighted by atomic mass is 9.94. The SMILES string of the molecule is N#CCC1(I)CCN(Cc2ccc(I)cc2)CC1.